The maximum atomic E-state index is 14.1. The highest BCUT2D eigenvalue weighted by molar-refractivity contribution is 5.19. The molecule has 1 atom stereocenters. The lowest BCUT2D eigenvalue weighted by Gasteiger charge is -2.25. The normalized spacial score (nSPS) is 12.4. The summed E-state index contributed by atoms with van der Waals surface area (Å²) in [6, 6.07) is 16.3. The zero-order valence-electron chi connectivity index (χ0n) is 15.4. The van der Waals surface area contributed by atoms with Gasteiger partial charge in [0.05, 0.1) is 19.0 Å². The van der Waals surface area contributed by atoms with Crippen LogP contribution in [-0.2, 0) is 24.4 Å². The molecule has 4 nitrogen and oxygen atoms in total. The predicted octanol–water partition coefficient (Wildman–Crippen LogP) is 4.14. The molecule has 148 valence electrons. The molecule has 0 bridgehead atoms. The minimum absolute atomic E-state index is 0.123. The summed E-state index contributed by atoms with van der Waals surface area (Å²) in [5.41, 5.74) is 1.41. The number of hydrogen-bond acceptors (Lipinski definition) is 4. The second kappa shape index (κ2) is 10.1. The van der Waals surface area contributed by atoms with Gasteiger partial charge in [0.25, 0.3) is 0 Å². The van der Waals surface area contributed by atoms with Crippen LogP contribution in [0.1, 0.15) is 16.9 Å². The van der Waals surface area contributed by atoms with E-state index >= 15 is 0 Å². The molecule has 0 aliphatic heterocycles. The zero-order valence-corrected chi connectivity index (χ0v) is 15.4. The van der Waals surface area contributed by atoms with Gasteiger partial charge in [-0.3, -0.25) is 4.90 Å². The predicted molar refractivity (Wildman–Crippen MR) is 101 cm³/mol. The Hall–Kier alpha value is -2.54. The van der Waals surface area contributed by atoms with E-state index in [-0.39, 0.29) is 31.4 Å². The Bertz CT molecular complexity index is 837. The van der Waals surface area contributed by atoms with Crippen molar-refractivity contribution in [2.45, 2.75) is 25.8 Å². The molecule has 1 heterocycles. The molecule has 1 aromatic heterocycles. The Morgan fingerprint density at radius 3 is 2.46 bits per heavy atom. The first kappa shape index (κ1) is 20.2. The summed E-state index contributed by atoms with van der Waals surface area (Å²) in [6.45, 7) is 1.44. The maximum Gasteiger partial charge on any atom is 0.129 e. The van der Waals surface area contributed by atoms with Crippen LogP contribution >= 0.6 is 0 Å². The van der Waals surface area contributed by atoms with Crippen molar-refractivity contribution in [3.05, 3.63) is 95.4 Å². The fourth-order valence-corrected chi connectivity index (χ4v) is 2.94. The van der Waals surface area contributed by atoms with E-state index in [9.17, 15) is 13.9 Å². The molecule has 0 aliphatic carbocycles. The van der Waals surface area contributed by atoms with Crippen LogP contribution in [0.5, 0.6) is 0 Å². The van der Waals surface area contributed by atoms with E-state index in [0.29, 0.717) is 24.4 Å². The number of furan rings is 1. The lowest BCUT2D eigenvalue weighted by molar-refractivity contribution is 0.00238. The van der Waals surface area contributed by atoms with Gasteiger partial charge in [0.2, 0.25) is 0 Å². The molecule has 0 fully saturated rings. The van der Waals surface area contributed by atoms with Crippen LogP contribution in [-0.4, -0.2) is 29.3 Å². The molecule has 3 aromatic rings. The Kier molecular flexibility index (Phi) is 7.31. The molecule has 0 aliphatic rings. The first-order valence-corrected chi connectivity index (χ1v) is 9.08. The van der Waals surface area contributed by atoms with Gasteiger partial charge < -0.3 is 14.3 Å². The summed E-state index contributed by atoms with van der Waals surface area (Å²) in [4.78, 5) is 1.91. The second-order valence-corrected chi connectivity index (χ2v) is 6.64. The van der Waals surface area contributed by atoms with Crippen molar-refractivity contribution >= 4 is 0 Å². The Balaban J connectivity index is 1.60. The van der Waals surface area contributed by atoms with Crippen molar-refractivity contribution in [2.24, 2.45) is 0 Å². The van der Waals surface area contributed by atoms with Gasteiger partial charge in [-0.2, -0.15) is 0 Å². The van der Waals surface area contributed by atoms with Crippen LogP contribution in [0.2, 0.25) is 0 Å². The lowest BCUT2D eigenvalue weighted by atomic mass is 10.1. The Labute approximate surface area is 163 Å². The average molecular weight is 387 g/mol. The van der Waals surface area contributed by atoms with Gasteiger partial charge in [-0.1, -0.05) is 30.3 Å². The molecule has 0 saturated heterocycles. The van der Waals surface area contributed by atoms with Crippen molar-refractivity contribution in [1.82, 2.24) is 4.90 Å². The molecule has 6 heteroatoms. The largest absolute Gasteiger partial charge is 0.467 e. The molecule has 0 saturated carbocycles. The molecular formula is C22H23F2NO3. The van der Waals surface area contributed by atoms with Crippen molar-refractivity contribution in [3.63, 3.8) is 0 Å². The van der Waals surface area contributed by atoms with E-state index in [1.807, 2.05) is 4.90 Å². The van der Waals surface area contributed by atoms with Gasteiger partial charge in [0.15, 0.2) is 0 Å². The topological polar surface area (TPSA) is 45.8 Å². The monoisotopic (exact) mass is 387 g/mol. The first-order valence-electron chi connectivity index (χ1n) is 9.08. The standard InChI is InChI=1S/C22H23F2NO3/c23-19-9-7-17(8-10-19)12-25(13-18-4-1-2-6-22(18)24)14-20(26)15-27-16-21-5-3-11-28-21/h1-11,20,26H,12-16H2/t20-/m1/s1. The molecule has 0 spiro atoms. The third-order valence-corrected chi connectivity index (χ3v) is 4.27. The number of nitrogens with zero attached hydrogens (tertiary/aromatic N) is 1. The van der Waals surface area contributed by atoms with Gasteiger partial charge in [-0.25, -0.2) is 8.78 Å². The summed E-state index contributed by atoms with van der Waals surface area (Å²) >= 11 is 0. The Morgan fingerprint density at radius 2 is 1.75 bits per heavy atom. The third-order valence-electron chi connectivity index (χ3n) is 4.27. The molecule has 1 N–H and O–H groups in total. The third kappa shape index (κ3) is 6.27. The summed E-state index contributed by atoms with van der Waals surface area (Å²) in [5.74, 6) is 0.0765. The fraction of sp³-hybridized carbons (Fsp3) is 0.273. The van der Waals surface area contributed by atoms with E-state index in [1.54, 1.807) is 48.7 Å². The van der Waals surface area contributed by atoms with Crippen molar-refractivity contribution in [3.8, 4) is 0 Å². The van der Waals surface area contributed by atoms with Gasteiger partial charge in [-0.05, 0) is 35.9 Å². The lowest BCUT2D eigenvalue weighted by Crippen LogP contribution is -2.34. The van der Waals surface area contributed by atoms with Crippen molar-refractivity contribution in [2.75, 3.05) is 13.2 Å². The van der Waals surface area contributed by atoms with E-state index < -0.39 is 6.10 Å². The van der Waals surface area contributed by atoms with Crippen molar-refractivity contribution < 1.29 is 23.0 Å². The molecule has 0 amide bonds. The molecule has 3 rings (SSSR count). The molecule has 2 aromatic carbocycles. The smallest absolute Gasteiger partial charge is 0.129 e. The Morgan fingerprint density at radius 1 is 0.964 bits per heavy atom. The minimum Gasteiger partial charge on any atom is -0.467 e. The summed E-state index contributed by atoms with van der Waals surface area (Å²) in [7, 11) is 0. The van der Waals surface area contributed by atoms with Crippen LogP contribution in [0, 0.1) is 11.6 Å². The highest BCUT2D eigenvalue weighted by Gasteiger charge is 2.15. The fourth-order valence-electron chi connectivity index (χ4n) is 2.94. The van der Waals surface area contributed by atoms with E-state index in [4.69, 9.17) is 9.15 Å². The quantitative estimate of drug-likeness (QED) is 0.568. The minimum atomic E-state index is -0.762. The van der Waals surface area contributed by atoms with Gasteiger partial charge in [0, 0.05) is 25.2 Å². The second-order valence-electron chi connectivity index (χ2n) is 6.64. The van der Waals surface area contributed by atoms with Crippen LogP contribution in [0.4, 0.5) is 8.78 Å². The average Bonchev–Trinajstić information content (AvgIpc) is 3.19. The van der Waals surface area contributed by atoms with Crippen molar-refractivity contribution in [1.29, 1.82) is 0 Å². The summed E-state index contributed by atoms with van der Waals surface area (Å²) < 4.78 is 37.9. The summed E-state index contributed by atoms with van der Waals surface area (Å²) in [6.07, 6.45) is 0.802. The molecular weight excluding hydrogens is 364 g/mol. The first-order chi connectivity index (χ1) is 13.6. The number of aliphatic hydroxyl groups is 1. The van der Waals surface area contributed by atoms with Gasteiger partial charge >= 0.3 is 0 Å². The highest BCUT2D eigenvalue weighted by atomic mass is 19.1. The zero-order chi connectivity index (χ0) is 19.8. The number of ether oxygens (including phenoxy) is 1. The number of rotatable bonds is 10. The van der Waals surface area contributed by atoms with Crippen LogP contribution < -0.4 is 0 Å². The SMILES string of the molecule is O[C@@H](COCc1ccco1)CN(Cc1ccc(F)cc1)Cc1ccccc1F. The number of hydrogen-bond donors (Lipinski definition) is 1. The van der Waals surface area contributed by atoms with Crippen LogP contribution in [0.3, 0.4) is 0 Å². The highest BCUT2D eigenvalue weighted by Crippen LogP contribution is 2.14. The van der Waals surface area contributed by atoms with Crippen LogP contribution in [0.25, 0.3) is 0 Å². The molecule has 28 heavy (non-hydrogen) atoms. The maximum absolute atomic E-state index is 14.1. The van der Waals surface area contributed by atoms with E-state index in [0.717, 1.165) is 5.56 Å². The van der Waals surface area contributed by atoms with Gasteiger partial charge in [0.1, 0.15) is 24.0 Å². The van der Waals surface area contributed by atoms with Crippen LogP contribution in [0.15, 0.2) is 71.3 Å². The molecule has 0 radical (unpaired) electrons. The number of aliphatic hydroxyl groups excluding tert-OH is 1. The number of benzene rings is 2. The number of halogens is 2. The van der Waals surface area contributed by atoms with E-state index in [2.05, 4.69) is 0 Å². The van der Waals surface area contributed by atoms with Gasteiger partial charge in [-0.15, -0.1) is 0 Å². The summed E-state index contributed by atoms with van der Waals surface area (Å²) in [5, 5.41) is 10.4. The molecule has 0 unspecified atom stereocenters. The van der Waals surface area contributed by atoms with E-state index in [1.165, 1.54) is 18.2 Å².